The molecule has 0 aliphatic heterocycles. The van der Waals surface area contributed by atoms with Crippen molar-refractivity contribution in [3.8, 4) is 0 Å². The molecule has 4 nitrogen and oxygen atoms in total. The number of anilines is 1. The summed E-state index contributed by atoms with van der Waals surface area (Å²) in [5.74, 6) is -0.0600. The molecule has 2 heterocycles. The third-order valence-corrected chi connectivity index (χ3v) is 4.29. The standard InChI is InChI=1S/C12H13N3OS/c13-9-10-8(5-2-6-14-10)17-11(9)12(16)15-7-3-1-4-7/h2,5-7H,1,3-4,13H2,(H,15,16). The van der Waals surface area contributed by atoms with Crippen molar-refractivity contribution in [3.05, 3.63) is 23.2 Å². The van der Waals surface area contributed by atoms with Crippen LogP contribution in [0, 0.1) is 0 Å². The fourth-order valence-corrected chi connectivity index (χ4v) is 2.90. The van der Waals surface area contributed by atoms with Gasteiger partial charge in [-0.05, 0) is 31.4 Å². The molecule has 1 aliphatic rings. The highest BCUT2D eigenvalue weighted by Gasteiger charge is 2.23. The molecule has 0 aromatic carbocycles. The summed E-state index contributed by atoms with van der Waals surface area (Å²) < 4.78 is 0.962. The number of hydrogen-bond donors (Lipinski definition) is 2. The van der Waals surface area contributed by atoms with Crippen molar-refractivity contribution in [2.45, 2.75) is 25.3 Å². The summed E-state index contributed by atoms with van der Waals surface area (Å²) >= 11 is 1.41. The van der Waals surface area contributed by atoms with E-state index in [2.05, 4.69) is 10.3 Å². The van der Waals surface area contributed by atoms with Crippen molar-refractivity contribution >= 4 is 33.1 Å². The smallest absolute Gasteiger partial charge is 0.263 e. The monoisotopic (exact) mass is 247 g/mol. The zero-order valence-corrected chi connectivity index (χ0v) is 10.1. The largest absolute Gasteiger partial charge is 0.396 e. The van der Waals surface area contributed by atoms with Gasteiger partial charge in [0.2, 0.25) is 0 Å². The predicted octanol–water partition coefficient (Wildman–Crippen LogP) is 2.16. The maximum atomic E-state index is 12.0. The first-order chi connectivity index (χ1) is 8.25. The minimum Gasteiger partial charge on any atom is -0.396 e. The number of pyridine rings is 1. The van der Waals surface area contributed by atoms with Gasteiger partial charge < -0.3 is 11.1 Å². The van der Waals surface area contributed by atoms with Crippen LogP contribution in [-0.4, -0.2) is 16.9 Å². The van der Waals surface area contributed by atoms with Crippen molar-refractivity contribution < 1.29 is 4.79 Å². The van der Waals surface area contributed by atoms with E-state index in [0.717, 1.165) is 23.1 Å². The molecule has 0 atom stereocenters. The van der Waals surface area contributed by atoms with Gasteiger partial charge in [0, 0.05) is 12.2 Å². The van der Waals surface area contributed by atoms with Crippen LogP contribution in [-0.2, 0) is 0 Å². The van der Waals surface area contributed by atoms with E-state index in [1.807, 2.05) is 12.1 Å². The number of thiophene rings is 1. The quantitative estimate of drug-likeness (QED) is 0.854. The van der Waals surface area contributed by atoms with Crippen molar-refractivity contribution in [1.29, 1.82) is 0 Å². The summed E-state index contributed by atoms with van der Waals surface area (Å²) in [6, 6.07) is 4.12. The number of nitrogens with zero attached hydrogens (tertiary/aromatic N) is 1. The molecule has 1 saturated carbocycles. The highest BCUT2D eigenvalue weighted by atomic mass is 32.1. The zero-order valence-electron chi connectivity index (χ0n) is 9.27. The molecular weight excluding hydrogens is 234 g/mol. The molecular formula is C12H13N3OS. The third kappa shape index (κ3) is 1.76. The van der Waals surface area contributed by atoms with E-state index >= 15 is 0 Å². The Bertz CT molecular complexity index is 574. The second kappa shape index (κ2) is 4.00. The first-order valence-corrected chi connectivity index (χ1v) is 6.51. The minimum absolute atomic E-state index is 0.0600. The highest BCUT2D eigenvalue weighted by Crippen LogP contribution is 2.32. The lowest BCUT2D eigenvalue weighted by Crippen LogP contribution is -2.39. The summed E-state index contributed by atoms with van der Waals surface area (Å²) in [6.07, 6.45) is 5.05. The molecule has 1 aliphatic carbocycles. The number of nitrogens with two attached hydrogens (primary N) is 1. The van der Waals surface area contributed by atoms with Crippen LogP contribution in [0.5, 0.6) is 0 Å². The Hall–Kier alpha value is -1.62. The maximum Gasteiger partial charge on any atom is 0.263 e. The van der Waals surface area contributed by atoms with E-state index in [1.165, 1.54) is 17.8 Å². The molecule has 88 valence electrons. The third-order valence-electron chi connectivity index (χ3n) is 3.13. The molecule has 1 amide bonds. The average Bonchev–Trinajstić information content (AvgIpc) is 2.62. The second-order valence-corrected chi connectivity index (χ2v) is 5.35. The Morgan fingerprint density at radius 1 is 1.53 bits per heavy atom. The first-order valence-electron chi connectivity index (χ1n) is 5.69. The molecule has 3 rings (SSSR count). The van der Waals surface area contributed by atoms with Crippen LogP contribution in [0.1, 0.15) is 28.9 Å². The summed E-state index contributed by atoms with van der Waals surface area (Å²) in [6.45, 7) is 0. The number of hydrogen-bond acceptors (Lipinski definition) is 4. The van der Waals surface area contributed by atoms with Crippen molar-refractivity contribution in [2.75, 3.05) is 5.73 Å². The number of carbonyl (C=O) groups is 1. The van der Waals surface area contributed by atoms with E-state index < -0.39 is 0 Å². The van der Waals surface area contributed by atoms with Crippen molar-refractivity contribution in [2.24, 2.45) is 0 Å². The van der Waals surface area contributed by atoms with Gasteiger partial charge >= 0.3 is 0 Å². The molecule has 2 aromatic heterocycles. The lowest BCUT2D eigenvalue weighted by molar-refractivity contribution is 0.0922. The van der Waals surface area contributed by atoms with Crippen LogP contribution in [0.15, 0.2) is 18.3 Å². The van der Waals surface area contributed by atoms with Crippen LogP contribution in [0.4, 0.5) is 5.69 Å². The lowest BCUT2D eigenvalue weighted by atomic mass is 9.93. The molecule has 17 heavy (non-hydrogen) atoms. The van der Waals surface area contributed by atoms with Crippen LogP contribution in [0.2, 0.25) is 0 Å². The fraction of sp³-hybridized carbons (Fsp3) is 0.333. The fourth-order valence-electron chi connectivity index (χ4n) is 1.92. The van der Waals surface area contributed by atoms with Gasteiger partial charge in [-0.2, -0.15) is 0 Å². The zero-order chi connectivity index (χ0) is 11.8. The number of nitrogen functional groups attached to an aromatic ring is 1. The summed E-state index contributed by atoms with van der Waals surface area (Å²) in [7, 11) is 0. The summed E-state index contributed by atoms with van der Waals surface area (Å²) in [5, 5.41) is 3.00. The van der Waals surface area contributed by atoms with Crippen LogP contribution < -0.4 is 11.1 Å². The summed E-state index contributed by atoms with van der Waals surface area (Å²) in [5.41, 5.74) is 7.20. The van der Waals surface area contributed by atoms with E-state index in [4.69, 9.17) is 5.73 Å². The predicted molar refractivity (Wildman–Crippen MR) is 69.1 cm³/mol. The molecule has 0 spiro atoms. The Labute approximate surface area is 103 Å². The number of fused-ring (bicyclic) bond motifs is 1. The van der Waals surface area contributed by atoms with Gasteiger partial charge in [-0.25, -0.2) is 0 Å². The van der Waals surface area contributed by atoms with E-state index in [1.54, 1.807) is 6.20 Å². The SMILES string of the molecule is Nc1c(C(=O)NC2CCC2)sc2cccnc12. The molecule has 1 fully saturated rings. The Morgan fingerprint density at radius 2 is 2.35 bits per heavy atom. The first kappa shape index (κ1) is 10.5. The number of nitrogens with one attached hydrogen (secondary N) is 1. The van der Waals surface area contributed by atoms with Gasteiger partial charge in [-0.1, -0.05) is 0 Å². The van der Waals surface area contributed by atoms with Crippen molar-refractivity contribution in [3.63, 3.8) is 0 Å². The minimum atomic E-state index is -0.0600. The highest BCUT2D eigenvalue weighted by molar-refractivity contribution is 7.21. The molecule has 0 saturated heterocycles. The molecule has 3 N–H and O–H groups in total. The average molecular weight is 247 g/mol. The van der Waals surface area contributed by atoms with Gasteiger partial charge in [0.05, 0.1) is 10.4 Å². The molecule has 5 heteroatoms. The van der Waals surface area contributed by atoms with Gasteiger partial charge in [-0.15, -0.1) is 11.3 Å². The van der Waals surface area contributed by atoms with Gasteiger partial charge in [0.15, 0.2) is 0 Å². The Kier molecular flexibility index (Phi) is 2.48. The van der Waals surface area contributed by atoms with E-state index in [-0.39, 0.29) is 5.91 Å². The molecule has 0 unspecified atom stereocenters. The normalized spacial score (nSPS) is 15.8. The number of aromatic nitrogens is 1. The van der Waals surface area contributed by atoms with E-state index in [9.17, 15) is 4.79 Å². The second-order valence-electron chi connectivity index (χ2n) is 4.30. The Balaban J connectivity index is 1.93. The van der Waals surface area contributed by atoms with Crippen LogP contribution >= 0.6 is 11.3 Å². The molecule has 2 aromatic rings. The number of carbonyl (C=O) groups excluding carboxylic acids is 1. The topological polar surface area (TPSA) is 68.0 Å². The van der Waals surface area contributed by atoms with Crippen LogP contribution in [0.3, 0.4) is 0 Å². The molecule has 0 bridgehead atoms. The lowest BCUT2D eigenvalue weighted by Gasteiger charge is -2.26. The summed E-state index contributed by atoms with van der Waals surface area (Å²) in [4.78, 5) is 16.8. The number of rotatable bonds is 2. The van der Waals surface area contributed by atoms with Gasteiger partial charge in [-0.3, -0.25) is 9.78 Å². The van der Waals surface area contributed by atoms with Crippen LogP contribution in [0.25, 0.3) is 10.2 Å². The van der Waals surface area contributed by atoms with Gasteiger partial charge in [0.25, 0.3) is 5.91 Å². The maximum absolute atomic E-state index is 12.0. The van der Waals surface area contributed by atoms with E-state index in [0.29, 0.717) is 16.6 Å². The molecule has 0 radical (unpaired) electrons. The van der Waals surface area contributed by atoms with Gasteiger partial charge in [0.1, 0.15) is 10.4 Å². The Morgan fingerprint density at radius 3 is 3.00 bits per heavy atom. The van der Waals surface area contributed by atoms with Crippen molar-refractivity contribution in [1.82, 2.24) is 10.3 Å². The number of amides is 1.